The minimum absolute atomic E-state index is 0. The highest BCUT2D eigenvalue weighted by Crippen LogP contribution is 2.40. The fourth-order valence-electron chi connectivity index (χ4n) is 3.24. The van der Waals surface area contributed by atoms with Crippen LogP contribution in [0.3, 0.4) is 0 Å². The van der Waals surface area contributed by atoms with Crippen molar-refractivity contribution in [1.29, 1.82) is 5.41 Å². The molecule has 174 valence electrons. The number of dihydropyridines is 1. The van der Waals surface area contributed by atoms with Gasteiger partial charge in [0, 0.05) is 29.3 Å². The summed E-state index contributed by atoms with van der Waals surface area (Å²) in [7, 11) is 0. The van der Waals surface area contributed by atoms with Crippen LogP contribution in [0.15, 0.2) is 46.8 Å². The van der Waals surface area contributed by atoms with Crippen molar-refractivity contribution in [2.75, 3.05) is 19.0 Å². The Morgan fingerprint density at radius 1 is 1.22 bits per heavy atom. The highest BCUT2D eigenvalue weighted by molar-refractivity contribution is 8.93. The number of amidine groups is 1. The van der Waals surface area contributed by atoms with E-state index in [9.17, 15) is 19.7 Å². The van der Waals surface area contributed by atoms with E-state index in [4.69, 9.17) is 20.6 Å². The molecular formula is C20H25BrN4O6S. The summed E-state index contributed by atoms with van der Waals surface area (Å²) >= 11 is 0.990. The van der Waals surface area contributed by atoms with Gasteiger partial charge in [-0.1, -0.05) is 23.9 Å². The molecule has 0 amide bonds. The maximum Gasteiger partial charge on any atom is 0.336 e. The first-order chi connectivity index (χ1) is 14.7. The molecule has 1 aliphatic heterocycles. The quantitative estimate of drug-likeness (QED) is 0.151. The molecule has 10 nitrogen and oxygen atoms in total. The van der Waals surface area contributed by atoms with E-state index >= 15 is 0 Å². The molecule has 0 spiro atoms. The molecule has 1 heterocycles. The third kappa shape index (κ3) is 6.33. The number of hydrogen-bond donors (Lipinski definition) is 3. The van der Waals surface area contributed by atoms with Crippen LogP contribution in [0, 0.1) is 15.5 Å². The second kappa shape index (κ2) is 12.2. The smallest absolute Gasteiger partial charge is 0.336 e. The van der Waals surface area contributed by atoms with Crippen LogP contribution in [0.4, 0.5) is 5.69 Å². The van der Waals surface area contributed by atoms with Gasteiger partial charge in [0.15, 0.2) is 5.17 Å². The number of allylic oxidation sites excluding steroid dienone is 1. The van der Waals surface area contributed by atoms with Crippen LogP contribution in [0.5, 0.6) is 0 Å². The van der Waals surface area contributed by atoms with Crippen molar-refractivity contribution in [3.05, 3.63) is 62.5 Å². The van der Waals surface area contributed by atoms with Crippen molar-refractivity contribution in [2.24, 2.45) is 5.73 Å². The molecule has 0 bridgehead atoms. The predicted octanol–water partition coefficient (Wildman–Crippen LogP) is 3.14. The summed E-state index contributed by atoms with van der Waals surface area (Å²) in [5.41, 5.74) is 6.75. The predicted molar refractivity (Wildman–Crippen MR) is 127 cm³/mol. The summed E-state index contributed by atoms with van der Waals surface area (Å²) in [5, 5.41) is 21.7. The van der Waals surface area contributed by atoms with Crippen LogP contribution in [0.1, 0.15) is 32.3 Å². The Balaban J connectivity index is 0.00000512. The largest absolute Gasteiger partial charge is 0.463 e. The van der Waals surface area contributed by atoms with Gasteiger partial charge >= 0.3 is 11.9 Å². The average Bonchev–Trinajstić information content (AvgIpc) is 2.71. The number of non-ortho nitro benzene ring substituents is 1. The lowest BCUT2D eigenvalue weighted by Gasteiger charge is -2.31. The molecule has 0 fully saturated rings. The first-order valence-corrected chi connectivity index (χ1v) is 10.5. The van der Waals surface area contributed by atoms with Crippen molar-refractivity contribution in [1.82, 2.24) is 5.32 Å². The zero-order valence-electron chi connectivity index (χ0n) is 17.8. The second-order valence-corrected chi connectivity index (χ2v) is 7.45. The highest BCUT2D eigenvalue weighted by Gasteiger charge is 2.39. The number of benzene rings is 1. The zero-order valence-corrected chi connectivity index (χ0v) is 20.3. The Bertz CT molecular complexity index is 979. The van der Waals surface area contributed by atoms with Gasteiger partial charge in [0.1, 0.15) is 0 Å². The van der Waals surface area contributed by atoms with Crippen molar-refractivity contribution >= 4 is 51.5 Å². The Labute approximate surface area is 200 Å². The van der Waals surface area contributed by atoms with Gasteiger partial charge in [-0.2, -0.15) is 0 Å². The van der Waals surface area contributed by atoms with Crippen LogP contribution in [-0.2, 0) is 19.1 Å². The van der Waals surface area contributed by atoms with Gasteiger partial charge in [-0.3, -0.25) is 15.5 Å². The summed E-state index contributed by atoms with van der Waals surface area (Å²) in [5.74, 6) is -2.15. The summed E-state index contributed by atoms with van der Waals surface area (Å²) in [4.78, 5) is 36.6. The molecule has 4 N–H and O–H groups in total. The van der Waals surface area contributed by atoms with E-state index in [2.05, 4.69) is 5.32 Å². The van der Waals surface area contributed by atoms with Gasteiger partial charge in [-0.15, -0.1) is 17.0 Å². The van der Waals surface area contributed by atoms with Crippen molar-refractivity contribution in [3.63, 3.8) is 0 Å². The first-order valence-electron chi connectivity index (χ1n) is 9.47. The van der Waals surface area contributed by atoms with Crippen LogP contribution < -0.4 is 11.1 Å². The maximum atomic E-state index is 13.0. The number of halogens is 1. The summed E-state index contributed by atoms with van der Waals surface area (Å²) in [6.07, 6.45) is 0. The maximum absolute atomic E-state index is 13.0. The van der Waals surface area contributed by atoms with Crippen LogP contribution >= 0.6 is 28.7 Å². The molecular weight excluding hydrogens is 504 g/mol. The summed E-state index contributed by atoms with van der Waals surface area (Å²) in [6, 6.07) is 5.73. The number of nitrogens with two attached hydrogens (primary N) is 1. The second-order valence-electron chi connectivity index (χ2n) is 6.43. The lowest BCUT2D eigenvalue weighted by Crippen LogP contribution is -2.34. The third-order valence-electron chi connectivity index (χ3n) is 4.42. The number of thioether (sulfide) groups is 1. The molecule has 1 aliphatic rings. The number of rotatable bonds is 8. The highest BCUT2D eigenvalue weighted by atomic mass is 79.9. The molecule has 12 heteroatoms. The van der Waals surface area contributed by atoms with Gasteiger partial charge in [0.2, 0.25) is 0 Å². The van der Waals surface area contributed by atoms with Crippen LogP contribution in [0.25, 0.3) is 0 Å². The number of nitrogens with zero attached hydrogens (tertiary/aromatic N) is 1. The topological polar surface area (TPSA) is 158 Å². The minimum atomic E-state index is -0.957. The van der Waals surface area contributed by atoms with E-state index in [1.54, 1.807) is 26.8 Å². The Morgan fingerprint density at radius 2 is 1.81 bits per heavy atom. The van der Waals surface area contributed by atoms with Crippen molar-refractivity contribution in [2.45, 2.75) is 26.7 Å². The van der Waals surface area contributed by atoms with Gasteiger partial charge in [-0.05, 0) is 26.3 Å². The summed E-state index contributed by atoms with van der Waals surface area (Å²) in [6.45, 7) is 5.16. The normalized spacial score (nSPS) is 15.4. The lowest BCUT2D eigenvalue weighted by molar-refractivity contribution is -0.384. The summed E-state index contributed by atoms with van der Waals surface area (Å²) < 4.78 is 10.4. The van der Waals surface area contributed by atoms with Crippen LogP contribution in [0.2, 0.25) is 0 Å². The molecule has 0 radical (unpaired) electrons. The first kappa shape index (κ1) is 27.2. The van der Waals surface area contributed by atoms with Crippen LogP contribution in [-0.4, -0.2) is 41.0 Å². The molecule has 0 saturated heterocycles. The van der Waals surface area contributed by atoms with Gasteiger partial charge in [0.25, 0.3) is 5.69 Å². The number of hydrogen-bond acceptors (Lipinski definition) is 9. The fraction of sp³-hybridized carbons (Fsp3) is 0.350. The van der Waals surface area contributed by atoms with E-state index in [0.717, 1.165) is 11.8 Å². The Hall–Kier alpha value is -2.86. The van der Waals surface area contributed by atoms with E-state index in [1.165, 1.54) is 18.2 Å². The monoisotopic (exact) mass is 528 g/mol. The van der Waals surface area contributed by atoms with Gasteiger partial charge in [0.05, 0.1) is 35.2 Å². The molecule has 0 aliphatic carbocycles. The van der Waals surface area contributed by atoms with E-state index in [0.29, 0.717) is 17.0 Å². The Morgan fingerprint density at radius 3 is 2.34 bits per heavy atom. The SMILES string of the molecule is Br.CCOC(=O)C1=C(C)NC(CSC(=N)N)=C(C(=O)OCC)C1c1cccc([N+](=O)[O-])c1. The van der Waals surface area contributed by atoms with Gasteiger partial charge in [-0.25, -0.2) is 9.59 Å². The van der Waals surface area contributed by atoms with Crippen molar-refractivity contribution < 1.29 is 24.0 Å². The number of carbonyl (C=O) groups excluding carboxylic acids is 2. The molecule has 1 aromatic rings. The number of nitrogens with one attached hydrogen (secondary N) is 2. The van der Waals surface area contributed by atoms with E-state index in [-0.39, 0.29) is 57.9 Å². The lowest BCUT2D eigenvalue weighted by atomic mass is 9.80. The third-order valence-corrected chi connectivity index (χ3v) is 5.17. The number of ether oxygens (including phenoxy) is 2. The molecule has 2 rings (SSSR count). The van der Waals surface area contributed by atoms with E-state index in [1.807, 2.05) is 0 Å². The number of esters is 2. The average molecular weight is 529 g/mol. The molecule has 0 aromatic heterocycles. The number of carbonyl (C=O) groups is 2. The van der Waals surface area contributed by atoms with Crippen molar-refractivity contribution in [3.8, 4) is 0 Å². The molecule has 32 heavy (non-hydrogen) atoms. The fourth-order valence-corrected chi connectivity index (χ4v) is 3.77. The number of nitro benzene ring substituents is 1. The minimum Gasteiger partial charge on any atom is -0.463 e. The van der Waals surface area contributed by atoms with Gasteiger partial charge < -0.3 is 20.5 Å². The molecule has 1 unspecified atom stereocenters. The Kier molecular flexibility index (Phi) is 10.4. The standard InChI is InChI=1S/C20H24N4O6S.BrH/c1-4-29-18(25)15-11(3)23-14(10-31-20(21)22)17(19(26)30-5-2)16(15)12-7-6-8-13(9-12)24(27)28;/h6-9,16,23H,4-5,10H2,1-3H3,(H3,21,22);1H. The van der Waals surface area contributed by atoms with E-state index < -0.39 is 22.8 Å². The molecule has 1 atom stereocenters. The zero-order chi connectivity index (χ0) is 23.1. The molecule has 1 aromatic carbocycles. The molecule has 0 saturated carbocycles. The number of nitro groups is 1.